The largest absolute Gasteiger partial charge is 0.474 e. The Balaban J connectivity index is 1.95. The standard InChI is InChI=1S/C16H15FN2O2/c1-10-9-21-16-14(18-10)7-12(15(8-20)19-16)6-11-2-4-13(17)5-3-11/h2-5,7-8,10,18H,6,9H2,1H3. The van der Waals surface area contributed by atoms with Crippen LogP contribution in [0.2, 0.25) is 0 Å². The number of benzene rings is 1. The quantitative estimate of drug-likeness (QED) is 0.882. The molecule has 3 rings (SSSR count). The molecule has 0 aliphatic carbocycles. The molecule has 1 aliphatic rings. The van der Waals surface area contributed by atoms with E-state index in [2.05, 4.69) is 10.3 Å². The van der Waals surface area contributed by atoms with Gasteiger partial charge in [-0.2, -0.15) is 0 Å². The van der Waals surface area contributed by atoms with Gasteiger partial charge in [-0.3, -0.25) is 4.79 Å². The number of fused-ring (bicyclic) bond motifs is 1. The molecular formula is C16H15FN2O2. The summed E-state index contributed by atoms with van der Waals surface area (Å²) in [6.07, 6.45) is 1.24. The minimum Gasteiger partial charge on any atom is -0.474 e. The van der Waals surface area contributed by atoms with Crippen LogP contribution < -0.4 is 10.1 Å². The molecule has 108 valence electrons. The Morgan fingerprint density at radius 1 is 1.43 bits per heavy atom. The molecule has 0 bridgehead atoms. The van der Waals surface area contributed by atoms with E-state index in [0.717, 1.165) is 23.1 Å². The number of halogens is 1. The highest BCUT2D eigenvalue weighted by Gasteiger charge is 2.19. The van der Waals surface area contributed by atoms with E-state index >= 15 is 0 Å². The van der Waals surface area contributed by atoms with Crippen LogP contribution in [0, 0.1) is 5.82 Å². The van der Waals surface area contributed by atoms with Crippen LogP contribution in [0.15, 0.2) is 30.3 Å². The minimum atomic E-state index is -0.276. The Hall–Kier alpha value is -2.43. The third-order valence-electron chi connectivity index (χ3n) is 3.39. The number of hydrogen-bond donors (Lipinski definition) is 1. The number of anilines is 1. The van der Waals surface area contributed by atoms with Gasteiger partial charge in [-0.25, -0.2) is 9.37 Å². The second kappa shape index (κ2) is 5.52. The molecule has 1 aromatic heterocycles. The Kier molecular flexibility index (Phi) is 3.56. The molecule has 1 unspecified atom stereocenters. The van der Waals surface area contributed by atoms with Gasteiger partial charge in [-0.05, 0) is 42.7 Å². The molecule has 0 saturated heterocycles. The first-order valence-electron chi connectivity index (χ1n) is 6.78. The van der Waals surface area contributed by atoms with Gasteiger partial charge in [-0.15, -0.1) is 0 Å². The molecule has 2 heterocycles. The van der Waals surface area contributed by atoms with Crippen LogP contribution >= 0.6 is 0 Å². The summed E-state index contributed by atoms with van der Waals surface area (Å²) in [6.45, 7) is 2.53. The molecule has 2 aromatic rings. The van der Waals surface area contributed by atoms with Gasteiger partial charge in [0.2, 0.25) is 5.88 Å². The second-order valence-electron chi connectivity index (χ2n) is 5.16. The number of pyridine rings is 1. The number of aldehydes is 1. The van der Waals surface area contributed by atoms with Crippen molar-refractivity contribution < 1.29 is 13.9 Å². The first-order valence-corrected chi connectivity index (χ1v) is 6.78. The predicted molar refractivity (Wildman–Crippen MR) is 77.4 cm³/mol. The number of carbonyl (C=O) groups excluding carboxylic acids is 1. The number of aromatic nitrogens is 1. The number of nitrogens with zero attached hydrogens (tertiary/aromatic N) is 1. The molecule has 5 heteroatoms. The number of hydrogen-bond acceptors (Lipinski definition) is 4. The number of carbonyl (C=O) groups is 1. The van der Waals surface area contributed by atoms with Gasteiger partial charge in [0.1, 0.15) is 18.1 Å². The highest BCUT2D eigenvalue weighted by atomic mass is 19.1. The molecule has 0 amide bonds. The van der Waals surface area contributed by atoms with Crippen LogP contribution in [0.4, 0.5) is 10.1 Å². The molecule has 1 atom stereocenters. The van der Waals surface area contributed by atoms with Gasteiger partial charge >= 0.3 is 0 Å². The van der Waals surface area contributed by atoms with E-state index in [1.165, 1.54) is 12.1 Å². The highest BCUT2D eigenvalue weighted by molar-refractivity contribution is 5.77. The molecule has 1 N–H and O–H groups in total. The summed E-state index contributed by atoms with van der Waals surface area (Å²) in [6, 6.07) is 8.30. The van der Waals surface area contributed by atoms with Gasteiger partial charge in [-0.1, -0.05) is 12.1 Å². The van der Waals surface area contributed by atoms with E-state index < -0.39 is 0 Å². The molecule has 0 fully saturated rings. The summed E-state index contributed by atoms with van der Waals surface area (Å²) in [7, 11) is 0. The lowest BCUT2D eigenvalue weighted by molar-refractivity contribution is 0.111. The van der Waals surface area contributed by atoms with Crippen molar-refractivity contribution in [2.75, 3.05) is 11.9 Å². The summed E-state index contributed by atoms with van der Waals surface area (Å²) in [5.74, 6) is 0.180. The summed E-state index contributed by atoms with van der Waals surface area (Å²) in [4.78, 5) is 15.5. The van der Waals surface area contributed by atoms with Crippen LogP contribution in [0.3, 0.4) is 0 Å². The molecule has 21 heavy (non-hydrogen) atoms. The van der Waals surface area contributed by atoms with Crippen molar-refractivity contribution in [3.8, 4) is 5.88 Å². The van der Waals surface area contributed by atoms with Crippen molar-refractivity contribution in [2.24, 2.45) is 0 Å². The first kappa shape index (κ1) is 13.5. The zero-order valence-corrected chi connectivity index (χ0v) is 11.6. The van der Waals surface area contributed by atoms with E-state index in [-0.39, 0.29) is 11.9 Å². The molecule has 0 spiro atoms. The summed E-state index contributed by atoms with van der Waals surface area (Å²) < 4.78 is 18.5. The zero-order chi connectivity index (χ0) is 14.8. The van der Waals surface area contributed by atoms with Crippen molar-refractivity contribution in [3.63, 3.8) is 0 Å². The molecule has 0 radical (unpaired) electrons. The Labute approximate surface area is 122 Å². The first-order chi connectivity index (χ1) is 10.2. The maximum atomic E-state index is 12.9. The van der Waals surface area contributed by atoms with Gasteiger partial charge in [0.15, 0.2) is 6.29 Å². The van der Waals surface area contributed by atoms with Crippen molar-refractivity contribution in [1.82, 2.24) is 4.98 Å². The second-order valence-corrected chi connectivity index (χ2v) is 5.16. The third kappa shape index (κ3) is 2.86. The van der Waals surface area contributed by atoms with E-state index in [1.54, 1.807) is 12.1 Å². The van der Waals surface area contributed by atoms with Gasteiger partial charge in [0.25, 0.3) is 0 Å². The monoisotopic (exact) mass is 286 g/mol. The zero-order valence-electron chi connectivity index (χ0n) is 11.6. The fourth-order valence-electron chi connectivity index (χ4n) is 2.34. The average molecular weight is 286 g/mol. The molecule has 1 aromatic carbocycles. The van der Waals surface area contributed by atoms with Crippen LogP contribution in [-0.4, -0.2) is 23.9 Å². The Morgan fingerprint density at radius 3 is 2.90 bits per heavy atom. The molecular weight excluding hydrogens is 271 g/mol. The van der Waals surface area contributed by atoms with Crippen LogP contribution in [0.1, 0.15) is 28.5 Å². The van der Waals surface area contributed by atoms with Crippen LogP contribution in [-0.2, 0) is 6.42 Å². The SMILES string of the molecule is CC1COc2nc(C=O)c(Cc3ccc(F)cc3)cc2N1. The van der Waals surface area contributed by atoms with Crippen molar-refractivity contribution in [3.05, 3.63) is 53.0 Å². The number of nitrogens with one attached hydrogen (secondary N) is 1. The van der Waals surface area contributed by atoms with E-state index in [4.69, 9.17) is 4.74 Å². The molecule has 4 nitrogen and oxygen atoms in total. The lowest BCUT2D eigenvalue weighted by atomic mass is 10.0. The van der Waals surface area contributed by atoms with E-state index in [0.29, 0.717) is 24.6 Å². The lowest BCUT2D eigenvalue weighted by Gasteiger charge is -2.24. The average Bonchev–Trinajstić information content (AvgIpc) is 2.49. The van der Waals surface area contributed by atoms with Gasteiger partial charge in [0, 0.05) is 0 Å². The van der Waals surface area contributed by atoms with E-state index in [9.17, 15) is 9.18 Å². The minimum absolute atomic E-state index is 0.194. The predicted octanol–water partition coefficient (Wildman–Crippen LogP) is 2.82. The van der Waals surface area contributed by atoms with Crippen molar-refractivity contribution >= 4 is 12.0 Å². The van der Waals surface area contributed by atoms with E-state index in [1.807, 2.05) is 13.0 Å². The molecule has 1 aliphatic heterocycles. The number of ether oxygens (including phenoxy) is 1. The maximum absolute atomic E-state index is 12.9. The van der Waals surface area contributed by atoms with Crippen molar-refractivity contribution in [1.29, 1.82) is 0 Å². The lowest BCUT2D eigenvalue weighted by Crippen LogP contribution is -2.29. The summed E-state index contributed by atoms with van der Waals surface area (Å²) in [5, 5.41) is 3.28. The number of rotatable bonds is 3. The van der Waals surface area contributed by atoms with Gasteiger partial charge in [0.05, 0.1) is 11.7 Å². The maximum Gasteiger partial charge on any atom is 0.238 e. The topological polar surface area (TPSA) is 51.2 Å². The smallest absolute Gasteiger partial charge is 0.238 e. The molecule has 0 saturated carbocycles. The van der Waals surface area contributed by atoms with Gasteiger partial charge < -0.3 is 10.1 Å². The van der Waals surface area contributed by atoms with Crippen LogP contribution in [0.25, 0.3) is 0 Å². The Morgan fingerprint density at radius 2 is 2.19 bits per heavy atom. The Bertz CT molecular complexity index is 671. The normalized spacial score (nSPS) is 16.6. The fourth-order valence-corrected chi connectivity index (χ4v) is 2.34. The van der Waals surface area contributed by atoms with Crippen LogP contribution in [0.5, 0.6) is 5.88 Å². The van der Waals surface area contributed by atoms with Crippen molar-refractivity contribution in [2.45, 2.75) is 19.4 Å². The fraction of sp³-hybridized carbons (Fsp3) is 0.250. The highest BCUT2D eigenvalue weighted by Crippen LogP contribution is 2.29. The summed E-state index contributed by atoms with van der Waals surface area (Å²) >= 11 is 0. The third-order valence-corrected chi connectivity index (χ3v) is 3.39. The summed E-state index contributed by atoms with van der Waals surface area (Å²) in [5.41, 5.74) is 2.86.